The Morgan fingerprint density at radius 1 is 1.10 bits per heavy atom. The molecule has 1 aliphatic heterocycles. The molecule has 2 aromatic heterocycles. The Balaban J connectivity index is 0.00000353. The Hall–Kier alpha value is -3.29. The highest BCUT2D eigenvalue weighted by Crippen LogP contribution is 2.33. The molecule has 1 fully saturated rings. The monoisotopic (exact) mass is 570 g/mol. The summed E-state index contributed by atoms with van der Waals surface area (Å²) in [6.45, 7) is 6.55. The maximum atomic E-state index is 15.2. The van der Waals surface area contributed by atoms with Crippen LogP contribution in [-0.2, 0) is 13.0 Å². The topological polar surface area (TPSA) is 58.9 Å². The van der Waals surface area contributed by atoms with Crippen LogP contribution in [0.1, 0.15) is 59.9 Å². The molecular weight excluding hydrogens is 538 g/mol. The first-order valence-electron chi connectivity index (χ1n) is 13.2. The highest BCUT2D eigenvalue weighted by molar-refractivity contribution is 6.30. The molecule has 2 aromatic carbocycles. The van der Waals surface area contributed by atoms with Crippen LogP contribution in [0.2, 0.25) is 5.02 Å². The number of ether oxygens (including phenoxy) is 1. The van der Waals surface area contributed by atoms with Crippen molar-refractivity contribution in [3.8, 4) is 5.75 Å². The lowest BCUT2D eigenvalue weighted by Crippen LogP contribution is -2.33. The average molecular weight is 572 g/mol. The smallest absolute Gasteiger partial charge is 0.270 e. The Bertz CT molecular complexity index is 1430. The molecule has 5 rings (SSSR count). The summed E-state index contributed by atoms with van der Waals surface area (Å²) in [5.74, 6) is 0.570. The SMILES string of the molecule is CCOc1ccc(N2CCC(c3ccc(CNC(=O)c4c(CC)nc5ccc(Cl)cn45)cc3F)CC2)cc1.Cl. The van der Waals surface area contributed by atoms with Crippen molar-refractivity contribution < 1.29 is 13.9 Å². The standard InChI is InChI=1S/C30H32ClFN4O2.ClH/c1-3-27-29(36-19-22(31)6-12-28(36)34-27)30(37)33-18-20-5-11-25(26(32)17-20)21-13-15-35(16-14-21)23-7-9-24(10-8-23)38-4-2;/h5-12,17,19,21H,3-4,13-16,18H2,1-2H3,(H,33,37);1H. The first-order valence-corrected chi connectivity index (χ1v) is 13.6. The third-order valence-electron chi connectivity index (χ3n) is 7.17. The molecule has 39 heavy (non-hydrogen) atoms. The van der Waals surface area contributed by atoms with Crippen molar-refractivity contribution in [1.29, 1.82) is 0 Å². The molecule has 1 amide bonds. The van der Waals surface area contributed by atoms with Crippen molar-refractivity contribution in [2.75, 3.05) is 24.6 Å². The maximum absolute atomic E-state index is 15.2. The number of piperidine rings is 1. The Morgan fingerprint density at radius 3 is 2.51 bits per heavy atom. The number of hydrogen-bond acceptors (Lipinski definition) is 4. The van der Waals surface area contributed by atoms with E-state index in [9.17, 15) is 4.79 Å². The second kappa shape index (κ2) is 12.7. The molecule has 1 saturated heterocycles. The fraction of sp³-hybridized carbons (Fsp3) is 0.333. The number of nitrogens with one attached hydrogen (secondary N) is 1. The van der Waals surface area contributed by atoms with E-state index in [-0.39, 0.29) is 36.6 Å². The van der Waals surface area contributed by atoms with E-state index in [2.05, 4.69) is 27.3 Å². The van der Waals surface area contributed by atoms with Crippen molar-refractivity contribution >= 4 is 41.2 Å². The Labute approximate surface area is 239 Å². The number of aromatic nitrogens is 2. The predicted molar refractivity (Wildman–Crippen MR) is 156 cm³/mol. The third kappa shape index (κ3) is 6.31. The molecule has 0 bridgehead atoms. The molecule has 0 saturated carbocycles. The van der Waals surface area contributed by atoms with E-state index < -0.39 is 0 Å². The zero-order chi connectivity index (χ0) is 26.6. The van der Waals surface area contributed by atoms with Crippen LogP contribution in [0, 0.1) is 5.82 Å². The number of amides is 1. The van der Waals surface area contributed by atoms with Crippen LogP contribution in [0.4, 0.5) is 10.1 Å². The van der Waals surface area contributed by atoms with Crippen molar-refractivity contribution in [3.05, 3.63) is 94.1 Å². The van der Waals surface area contributed by atoms with E-state index in [1.165, 1.54) is 0 Å². The summed E-state index contributed by atoms with van der Waals surface area (Å²) in [6, 6.07) is 17.0. The first kappa shape index (κ1) is 28.7. The largest absolute Gasteiger partial charge is 0.494 e. The minimum Gasteiger partial charge on any atom is -0.494 e. The Morgan fingerprint density at radius 2 is 1.85 bits per heavy atom. The van der Waals surface area contributed by atoms with E-state index in [0.717, 1.165) is 48.5 Å². The number of imidazole rings is 1. The number of aryl methyl sites for hydroxylation is 1. The quantitative estimate of drug-likeness (QED) is 0.252. The van der Waals surface area contributed by atoms with Gasteiger partial charge in [0, 0.05) is 31.5 Å². The molecule has 0 radical (unpaired) electrons. The summed E-state index contributed by atoms with van der Waals surface area (Å²) < 4.78 is 22.4. The van der Waals surface area contributed by atoms with Crippen LogP contribution in [0.5, 0.6) is 5.75 Å². The van der Waals surface area contributed by atoms with Crippen LogP contribution >= 0.6 is 24.0 Å². The number of carbonyl (C=O) groups excluding carboxylic acids is 1. The highest BCUT2D eigenvalue weighted by atomic mass is 35.5. The molecule has 0 spiro atoms. The number of halogens is 3. The zero-order valence-corrected chi connectivity index (χ0v) is 23.7. The fourth-order valence-corrected chi connectivity index (χ4v) is 5.36. The molecule has 9 heteroatoms. The number of benzene rings is 2. The van der Waals surface area contributed by atoms with Gasteiger partial charge in [0.1, 0.15) is 22.9 Å². The van der Waals surface area contributed by atoms with Crippen LogP contribution < -0.4 is 15.0 Å². The number of anilines is 1. The van der Waals surface area contributed by atoms with Gasteiger partial charge in [-0.2, -0.15) is 0 Å². The van der Waals surface area contributed by atoms with E-state index in [4.69, 9.17) is 16.3 Å². The van der Waals surface area contributed by atoms with Gasteiger partial charge < -0.3 is 15.0 Å². The van der Waals surface area contributed by atoms with Crippen molar-refractivity contribution in [2.45, 2.75) is 45.6 Å². The van der Waals surface area contributed by atoms with Gasteiger partial charge >= 0.3 is 0 Å². The minimum atomic E-state index is -0.261. The van der Waals surface area contributed by atoms with Crippen molar-refractivity contribution in [3.63, 3.8) is 0 Å². The number of hydrogen-bond donors (Lipinski definition) is 1. The summed E-state index contributed by atoms with van der Waals surface area (Å²) in [6.07, 6.45) is 4.07. The summed E-state index contributed by atoms with van der Waals surface area (Å²) in [4.78, 5) is 19.9. The van der Waals surface area contributed by atoms with Gasteiger partial charge in [-0.1, -0.05) is 30.7 Å². The van der Waals surface area contributed by atoms with E-state index in [1.807, 2.05) is 38.1 Å². The average Bonchev–Trinajstić information content (AvgIpc) is 3.30. The van der Waals surface area contributed by atoms with E-state index in [1.54, 1.807) is 28.8 Å². The third-order valence-corrected chi connectivity index (χ3v) is 7.39. The molecule has 206 valence electrons. The van der Waals surface area contributed by atoms with Crippen molar-refractivity contribution in [2.24, 2.45) is 0 Å². The van der Waals surface area contributed by atoms with Gasteiger partial charge in [-0.15, -0.1) is 12.4 Å². The molecule has 0 atom stereocenters. The van der Waals surface area contributed by atoms with Gasteiger partial charge in [0.2, 0.25) is 0 Å². The van der Waals surface area contributed by atoms with Crippen LogP contribution in [0.15, 0.2) is 60.8 Å². The summed E-state index contributed by atoms with van der Waals surface area (Å²) in [5, 5.41) is 3.45. The molecule has 0 aliphatic carbocycles. The second-order valence-electron chi connectivity index (χ2n) is 9.56. The zero-order valence-electron chi connectivity index (χ0n) is 22.1. The Kier molecular flexibility index (Phi) is 9.36. The molecule has 0 unspecified atom stereocenters. The molecule has 1 aliphatic rings. The van der Waals surface area contributed by atoms with Gasteiger partial charge in [-0.05, 0) is 85.7 Å². The van der Waals surface area contributed by atoms with Crippen LogP contribution in [0.3, 0.4) is 0 Å². The second-order valence-corrected chi connectivity index (χ2v) is 10.00. The first-order chi connectivity index (χ1) is 18.5. The van der Waals surface area contributed by atoms with Gasteiger partial charge in [0.25, 0.3) is 5.91 Å². The fourth-order valence-electron chi connectivity index (χ4n) is 5.20. The number of nitrogens with zero attached hydrogens (tertiary/aromatic N) is 3. The lowest BCUT2D eigenvalue weighted by atomic mass is 9.88. The normalized spacial score (nSPS) is 13.8. The highest BCUT2D eigenvalue weighted by Gasteiger charge is 2.24. The summed E-state index contributed by atoms with van der Waals surface area (Å²) in [7, 11) is 0. The predicted octanol–water partition coefficient (Wildman–Crippen LogP) is 6.82. The van der Waals surface area contributed by atoms with E-state index in [0.29, 0.717) is 35.1 Å². The number of rotatable bonds is 8. The van der Waals surface area contributed by atoms with Crippen molar-refractivity contribution in [1.82, 2.24) is 14.7 Å². The number of fused-ring (bicyclic) bond motifs is 1. The molecule has 3 heterocycles. The van der Waals surface area contributed by atoms with Gasteiger partial charge in [-0.25, -0.2) is 9.37 Å². The molecule has 1 N–H and O–H groups in total. The van der Waals surface area contributed by atoms with Gasteiger partial charge in [0.05, 0.1) is 17.3 Å². The summed E-state index contributed by atoms with van der Waals surface area (Å²) >= 11 is 6.14. The molecule has 6 nitrogen and oxygen atoms in total. The number of carbonyl (C=O) groups is 1. The van der Waals surface area contributed by atoms with Gasteiger partial charge in [0.15, 0.2) is 0 Å². The number of pyridine rings is 1. The van der Waals surface area contributed by atoms with E-state index >= 15 is 4.39 Å². The molecular formula is C30H33Cl2FN4O2. The van der Waals surface area contributed by atoms with Gasteiger partial charge in [-0.3, -0.25) is 9.20 Å². The maximum Gasteiger partial charge on any atom is 0.270 e. The van der Waals surface area contributed by atoms with Crippen LogP contribution in [-0.4, -0.2) is 35.0 Å². The van der Waals surface area contributed by atoms with Crippen LogP contribution in [0.25, 0.3) is 5.65 Å². The minimum absolute atomic E-state index is 0. The summed E-state index contributed by atoms with van der Waals surface area (Å²) in [5.41, 5.74) is 4.45. The lowest BCUT2D eigenvalue weighted by molar-refractivity contribution is 0.0944. The lowest BCUT2D eigenvalue weighted by Gasteiger charge is -2.34. The molecule has 4 aromatic rings.